The average molecular weight is 290 g/mol. The zero-order valence-corrected chi connectivity index (χ0v) is 13.2. The fourth-order valence-electron chi connectivity index (χ4n) is 2.82. The molecule has 0 saturated carbocycles. The van der Waals surface area contributed by atoms with E-state index < -0.39 is 0 Å². The smallest absolute Gasteiger partial charge is 0.269 e. The molecule has 5 nitrogen and oxygen atoms in total. The van der Waals surface area contributed by atoms with Gasteiger partial charge >= 0.3 is 0 Å². The van der Waals surface area contributed by atoms with Gasteiger partial charge in [-0.3, -0.25) is 9.78 Å². The van der Waals surface area contributed by atoms with Gasteiger partial charge < -0.3 is 15.5 Å². The molecule has 2 heterocycles. The van der Waals surface area contributed by atoms with Crippen LogP contribution in [0.25, 0.3) is 0 Å². The van der Waals surface area contributed by atoms with E-state index in [2.05, 4.69) is 34.4 Å². The molecule has 1 saturated heterocycles. The summed E-state index contributed by atoms with van der Waals surface area (Å²) in [4.78, 5) is 18.3. The van der Waals surface area contributed by atoms with Crippen molar-refractivity contribution in [1.29, 1.82) is 0 Å². The Morgan fingerprint density at radius 2 is 2.38 bits per heavy atom. The third-order valence-electron chi connectivity index (χ3n) is 4.01. The first-order chi connectivity index (χ1) is 10.1. The normalized spacial score (nSPS) is 18.6. The van der Waals surface area contributed by atoms with Gasteiger partial charge in [0.05, 0.1) is 0 Å². The minimum absolute atomic E-state index is 0.139. The Morgan fingerprint density at radius 3 is 3.00 bits per heavy atom. The number of piperidine rings is 1. The molecule has 0 radical (unpaired) electrons. The van der Waals surface area contributed by atoms with Gasteiger partial charge in [-0.25, -0.2) is 0 Å². The Morgan fingerprint density at radius 1 is 1.57 bits per heavy atom. The number of carbonyl (C=O) groups excluding carboxylic acids is 1. The molecule has 0 spiro atoms. The molecule has 1 aliphatic heterocycles. The van der Waals surface area contributed by atoms with Crippen molar-refractivity contribution in [3.8, 4) is 0 Å². The van der Waals surface area contributed by atoms with Crippen LogP contribution < -0.4 is 15.5 Å². The lowest BCUT2D eigenvalue weighted by atomic mass is 9.98. The molecule has 0 aromatic carbocycles. The molecule has 1 atom stereocenters. The molecule has 0 bridgehead atoms. The summed E-state index contributed by atoms with van der Waals surface area (Å²) in [5.41, 5.74) is 1.55. The van der Waals surface area contributed by atoms with Gasteiger partial charge in [-0.2, -0.15) is 0 Å². The first-order valence-corrected chi connectivity index (χ1v) is 7.77. The maximum Gasteiger partial charge on any atom is 0.269 e. The zero-order valence-electron chi connectivity index (χ0n) is 13.2. The number of aromatic nitrogens is 1. The number of nitrogens with one attached hydrogen (secondary N) is 2. The fraction of sp³-hybridized carbons (Fsp3) is 0.625. The van der Waals surface area contributed by atoms with E-state index in [1.54, 1.807) is 13.2 Å². The lowest BCUT2D eigenvalue weighted by Crippen LogP contribution is -2.41. The third-order valence-corrected chi connectivity index (χ3v) is 4.01. The largest absolute Gasteiger partial charge is 0.369 e. The van der Waals surface area contributed by atoms with Crippen LogP contribution >= 0.6 is 0 Å². The van der Waals surface area contributed by atoms with E-state index in [0.29, 0.717) is 17.7 Å². The molecule has 1 unspecified atom stereocenters. The summed E-state index contributed by atoms with van der Waals surface area (Å²) in [7, 11) is 1.63. The summed E-state index contributed by atoms with van der Waals surface area (Å²) in [6.45, 7) is 7.61. The second-order valence-corrected chi connectivity index (χ2v) is 5.94. The van der Waals surface area contributed by atoms with Crippen LogP contribution in [0.1, 0.15) is 37.2 Å². The SMILES string of the molecule is CNC(=O)c1cc(N(CC2CCCNC2)C(C)C)ccn1. The van der Waals surface area contributed by atoms with E-state index in [4.69, 9.17) is 0 Å². The minimum atomic E-state index is -0.139. The molecule has 2 rings (SSSR count). The monoisotopic (exact) mass is 290 g/mol. The van der Waals surface area contributed by atoms with Crippen LogP contribution in [0.5, 0.6) is 0 Å². The van der Waals surface area contributed by atoms with Gasteiger partial charge in [0, 0.05) is 31.5 Å². The number of anilines is 1. The van der Waals surface area contributed by atoms with Crippen LogP contribution in [0.3, 0.4) is 0 Å². The predicted molar refractivity (Wildman–Crippen MR) is 85.7 cm³/mol. The van der Waals surface area contributed by atoms with Gasteiger partial charge in [0.2, 0.25) is 0 Å². The average Bonchev–Trinajstić information content (AvgIpc) is 2.52. The quantitative estimate of drug-likeness (QED) is 0.866. The van der Waals surface area contributed by atoms with Crippen molar-refractivity contribution in [3.63, 3.8) is 0 Å². The standard InChI is InChI=1S/C16H26N4O/c1-12(2)20(11-13-5-4-7-18-10-13)14-6-8-19-15(9-14)16(21)17-3/h6,8-9,12-13,18H,4-5,7,10-11H2,1-3H3,(H,17,21). The molecule has 0 aliphatic carbocycles. The van der Waals surface area contributed by atoms with Gasteiger partial charge in [0.15, 0.2) is 0 Å². The Balaban J connectivity index is 2.15. The van der Waals surface area contributed by atoms with Crippen LogP contribution in [0.4, 0.5) is 5.69 Å². The van der Waals surface area contributed by atoms with E-state index in [1.807, 2.05) is 12.1 Å². The van der Waals surface area contributed by atoms with Crippen molar-refractivity contribution in [2.75, 3.05) is 31.6 Å². The highest BCUT2D eigenvalue weighted by Gasteiger charge is 2.20. The van der Waals surface area contributed by atoms with Crippen LogP contribution in [-0.2, 0) is 0 Å². The van der Waals surface area contributed by atoms with Crippen molar-refractivity contribution in [2.45, 2.75) is 32.7 Å². The van der Waals surface area contributed by atoms with E-state index in [-0.39, 0.29) is 5.91 Å². The maximum absolute atomic E-state index is 11.7. The number of amides is 1. The number of rotatable bonds is 5. The zero-order chi connectivity index (χ0) is 15.2. The first-order valence-electron chi connectivity index (χ1n) is 7.77. The highest BCUT2D eigenvalue weighted by Crippen LogP contribution is 2.21. The fourth-order valence-corrected chi connectivity index (χ4v) is 2.82. The Kier molecular flexibility index (Phi) is 5.56. The van der Waals surface area contributed by atoms with Crippen LogP contribution in [0.2, 0.25) is 0 Å². The van der Waals surface area contributed by atoms with E-state index in [9.17, 15) is 4.79 Å². The summed E-state index contributed by atoms with van der Waals surface area (Å²) in [5, 5.41) is 6.09. The number of pyridine rings is 1. The summed E-state index contributed by atoms with van der Waals surface area (Å²) in [5.74, 6) is 0.526. The molecule has 21 heavy (non-hydrogen) atoms. The minimum Gasteiger partial charge on any atom is -0.369 e. The Hall–Kier alpha value is -1.62. The van der Waals surface area contributed by atoms with Gasteiger partial charge in [-0.1, -0.05) is 0 Å². The molecule has 5 heteroatoms. The molecule has 1 aromatic heterocycles. The summed E-state index contributed by atoms with van der Waals surface area (Å²) >= 11 is 0. The van der Waals surface area contributed by atoms with Gasteiger partial charge in [-0.15, -0.1) is 0 Å². The third kappa shape index (κ3) is 4.17. The lowest BCUT2D eigenvalue weighted by molar-refractivity contribution is 0.0958. The molecular weight excluding hydrogens is 264 g/mol. The second kappa shape index (κ2) is 7.41. The van der Waals surface area contributed by atoms with Crippen LogP contribution in [0, 0.1) is 5.92 Å². The van der Waals surface area contributed by atoms with Gasteiger partial charge in [0.25, 0.3) is 5.91 Å². The molecule has 1 aliphatic rings. The number of hydrogen-bond donors (Lipinski definition) is 2. The van der Waals surface area contributed by atoms with Gasteiger partial charge in [-0.05, 0) is 57.8 Å². The Labute approximate surface area is 127 Å². The Bertz CT molecular complexity index is 469. The topological polar surface area (TPSA) is 57.3 Å². The number of carbonyl (C=O) groups is 1. The second-order valence-electron chi connectivity index (χ2n) is 5.94. The van der Waals surface area contributed by atoms with Crippen molar-refractivity contribution >= 4 is 11.6 Å². The van der Waals surface area contributed by atoms with Crippen LogP contribution in [0.15, 0.2) is 18.3 Å². The number of hydrogen-bond acceptors (Lipinski definition) is 4. The number of nitrogens with zero attached hydrogens (tertiary/aromatic N) is 2. The van der Waals surface area contributed by atoms with Crippen LogP contribution in [-0.4, -0.2) is 43.6 Å². The summed E-state index contributed by atoms with van der Waals surface area (Å²) in [6.07, 6.45) is 4.23. The van der Waals surface area contributed by atoms with E-state index in [0.717, 1.165) is 25.3 Å². The molecule has 1 fully saturated rings. The van der Waals surface area contributed by atoms with Crippen molar-refractivity contribution < 1.29 is 4.79 Å². The molecule has 1 aromatic rings. The van der Waals surface area contributed by atoms with Crippen molar-refractivity contribution in [3.05, 3.63) is 24.0 Å². The predicted octanol–water partition coefficient (Wildman–Crippen LogP) is 1.66. The molecular formula is C16H26N4O. The van der Waals surface area contributed by atoms with Crippen molar-refractivity contribution in [2.24, 2.45) is 5.92 Å². The first kappa shape index (κ1) is 15.8. The lowest BCUT2D eigenvalue weighted by Gasteiger charge is -2.34. The summed E-state index contributed by atoms with van der Waals surface area (Å²) in [6, 6.07) is 4.27. The van der Waals surface area contributed by atoms with E-state index in [1.165, 1.54) is 12.8 Å². The molecule has 116 valence electrons. The van der Waals surface area contributed by atoms with Crippen molar-refractivity contribution in [1.82, 2.24) is 15.6 Å². The highest BCUT2D eigenvalue weighted by atomic mass is 16.1. The molecule has 2 N–H and O–H groups in total. The maximum atomic E-state index is 11.7. The van der Waals surface area contributed by atoms with Gasteiger partial charge in [0.1, 0.15) is 5.69 Å². The summed E-state index contributed by atoms with van der Waals surface area (Å²) < 4.78 is 0. The van der Waals surface area contributed by atoms with E-state index >= 15 is 0 Å². The molecule has 1 amide bonds. The highest BCUT2D eigenvalue weighted by molar-refractivity contribution is 5.92.